The zero-order valence-corrected chi connectivity index (χ0v) is 13.0. The average Bonchev–Trinajstić information content (AvgIpc) is 2.50. The molecule has 0 saturated carbocycles. The van der Waals surface area contributed by atoms with Gasteiger partial charge in [-0.3, -0.25) is 0 Å². The van der Waals surface area contributed by atoms with Gasteiger partial charge in [-0.2, -0.15) is 11.8 Å². The third-order valence-corrected chi connectivity index (χ3v) is 4.61. The number of phenols is 2. The van der Waals surface area contributed by atoms with Crippen LogP contribution in [0.25, 0.3) is 0 Å². The highest BCUT2D eigenvalue weighted by molar-refractivity contribution is 7.99. The molecular formula is C18H22O2S. The summed E-state index contributed by atoms with van der Waals surface area (Å²) in [6, 6.07) is 15.1. The van der Waals surface area contributed by atoms with Crippen LogP contribution in [0, 0.1) is 0 Å². The first-order chi connectivity index (χ1) is 10.3. The molecule has 2 nitrogen and oxygen atoms in total. The third-order valence-electron chi connectivity index (χ3n) is 3.45. The topological polar surface area (TPSA) is 40.5 Å². The van der Waals surface area contributed by atoms with Crippen LogP contribution in [-0.2, 0) is 12.8 Å². The van der Waals surface area contributed by atoms with Gasteiger partial charge < -0.3 is 10.2 Å². The SMILES string of the molecule is Oc1ccccc1CCCSCCCc1ccccc1O. The van der Waals surface area contributed by atoms with Crippen molar-refractivity contribution >= 4 is 11.8 Å². The quantitative estimate of drug-likeness (QED) is 0.710. The lowest BCUT2D eigenvalue weighted by atomic mass is 10.1. The molecule has 0 atom stereocenters. The van der Waals surface area contributed by atoms with Crippen LogP contribution in [-0.4, -0.2) is 21.7 Å². The van der Waals surface area contributed by atoms with Gasteiger partial charge in [-0.1, -0.05) is 36.4 Å². The average molecular weight is 302 g/mol. The Morgan fingerprint density at radius 1 is 0.667 bits per heavy atom. The van der Waals surface area contributed by atoms with E-state index in [0.29, 0.717) is 11.5 Å². The standard InChI is InChI=1S/C18H22O2S/c19-17-11-3-1-7-15(17)9-5-13-21-14-6-10-16-8-2-4-12-18(16)20/h1-4,7-8,11-12,19-20H,5-6,9-10,13-14H2. The van der Waals surface area contributed by atoms with Gasteiger partial charge >= 0.3 is 0 Å². The lowest BCUT2D eigenvalue weighted by Gasteiger charge is -2.05. The number of hydrogen-bond donors (Lipinski definition) is 2. The molecule has 2 aromatic carbocycles. The third kappa shape index (κ3) is 5.35. The Bertz CT molecular complexity index is 505. The van der Waals surface area contributed by atoms with Gasteiger partial charge in [0.15, 0.2) is 0 Å². The smallest absolute Gasteiger partial charge is 0.118 e. The second-order valence-corrected chi connectivity index (χ2v) is 6.30. The van der Waals surface area contributed by atoms with Gasteiger partial charge in [0.1, 0.15) is 11.5 Å². The highest BCUT2D eigenvalue weighted by atomic mass is 32.2. The molecule has 0 radical (unpaired) electrons. The first-order valence-electron chi connectivity index (χ1n) is 7.39. The van der Waals surface area contributed by atoms with E-state index in [1.54, 1.807) is 12.1 Å². The van der Waals surface area contributed by atoms with Crippen molar-refractivity contribution in [2.24, 2.45) is 0 Å². The van der Waals surface area contributed by atoms with Gasteiger partial charge in [-0.05, 0) is 60.4 Å². The first-order valence-corrected chi connectivity index (χ1v) is 8.54. The number of benzene rings is 2. The normalized spacial score (nSPS) is 10.7. The molecule has 2 N–H and O–H groups in total. The van der Waals surface area contributed by atoms with Crippen LogP contribution in [0.5, 0.6) is 11.5 Å². The van der Waals surface area contributed by atoms with Crippen molar-refractivity contribution in [1.82, 2.24) is 0 Å². The molecule has 0 saturated heterocycles. The molecule has 0 aliphatic heterocycles. The fourth-order valence-electron chi connectivity index (χ4n) is 2.28. The zero-order valence-electron chi connectivity index (χ0n) is 12.2. The molecule has 21 heavy (non-hydrogen) atoms. The van der Waals surface area contributed by atoms with E-state index in [1.807, 2.05) is 48.2 Å². The molecule has 0 bridgehead atoms. The van der Waals surface area contributed by atoms with Crippen molar-refractivity contribution in [1.29, 1.82) is 0 Å². The molecule has 2 aromatic rings. The Morgan fingerprint density at radius 3 is 1.52 bits per heavy atom. The van der Waals surface area contributed by atoms with Crippen LogP contribution in [0.1, 0.15) is 24.0 Å². The molecule has 0 heterocycles. The van der Waals surface area contributed by atoms with E-state index in [1.165, 1.54) is 0 Å². The Morgan fingerprint density at radius 2 is 1.10 bits per heavy atom. The molecule has 0 aromatic heterocycles. The molecule has 0 aliphatic rings. The first kappa shape index (κ1) is 15.8. The monoisotopic (exact) mass is 302 g/mol. The maximum absolute atomic E-state index is 9.67. The number of aromatic hydroxyl groups is 2. The van der Waals surface area contributed by atoms with Crippen molar-refractivity contribution in [3.63, 3.8) is 0 Å². The van der Waals surface area contributed by atoms with E-state index in [2.05, 4.69) is 0 Å². The molecule has 0 fully saturated rings. The van der Waals surface area contributed by atoms with Crippen LogP contribution >= 0.6 is 11.8 Å². The Labute approximate surface area is 130 Å². The summed E-state index contributed by atoms with van der Waals surface area (Å²) in [6.45, 7) is 0. The number of para-hydroxylation sites is 2. The van der Waals surface area contributed by atoms with Crippen molar-refractivity contribution < 1.29 is 10.2 Å². The fourth-order valence-corrected chi connectivity index (χ4v) is 3.18. The summed E-state index contributed by atoms with van der Waals surface area (Å²) in [5, 5.41) is 19.3. The lowest BCUT2D eigenvalue weighted by molar-refractivity contribution is 0.467. The maximum Gasteiger partial charge on any atom is 0.118 e. The number of rotatable bonds is 8. The van der Waals surface area contributed by atoms with Gasteiger partial charge in [0.2, 0.25) is 0 Å². The number of hydrogen-bond acceptors (Lipinski definition) is 3. The van der Waals surface area contributed by atoms with E-state index in [-0.39, 0.29) is 0 Å². The Kier molecular flexibility index (Phi) is 6.48. The van der Waals surface area contributed by atoms with Crippen LogP contribution in [0.15, 0.2) is 48.5 Å². The molecule has 3 heteroatoms. The van der Waals surface area contributed by atoms with E-state index in [9.17, 15) is 10.2 Å². The van der Waals surface area contributed by atoms with Gasteiger partial charge in [0.05, 0.1) is 0 Å². The number of phenolic OH excluding ortho intramolecular Hbond substituents is 2. The van der Waals surface area contributed by atoms with Crippen molar-refractivity contribution in [3.8, 4) is 11.5 Å². The van der Waals surface area contributed by atoms with Crippen LogP contribution < -0.4 is 0 Å². The summed E-state index contributed by atoms with van der Waals surface area (Å²) in [6.07, 6.45) is 4.02. The van der Waals surface area contributed by atoms with Gasteiger partial charge in [0.25, 0.3) is 0 Å². The van der Waals surface area contributed by atoms with Crippen LogP contribution in [0.3, 0.4) is 0 Å². The molecule has 0 aliphatic carbocycles. The second kappa shape index (κ2) is 8.63. The summed E-state index contributed by atoms with van der Waals surface area (Å²) in [5.74, 6) is 3.02. The Hall–Kier alpha value is -1.61. The van der Waals surface area contributed by atoms with E-state index in [0.717, 1.165) is 48.3 Å². The number of thioether (sulfide) groups is 1. The number of aryl methyl sites for hydroxylation is 2. The second-order valence-electron chi connectivity index (χ2n) is 5.08. The summed E-state index contributed by atoms with van der Waals surface area (Å²) in [7, 11) is 0. The largest absolute Gasteiger partial charge is 0.508 e. The zero-order chi connectivity index (χ0) is 14.9. The lowest BCUT2D eigenvalue weighted by Crippen LogP contribution is -1.92. The van der Waals surface area contributed by atoms with Crippen LogP contribution in [0.4, 0.5) is 0 Å². The highest BCUT2D eigenvalue weighted by Gasteiger charge is 2.01. The summed E-state index contributed by atoms with van der Waals surface area (Å²) >= 11 is 1.94. The van der Waals surface area contributed by atoms with Crippen LogP contribution in [0.2, 0.25) is 0 Å². The van der Waals surface area contributed by atoms with E-state index < -0.39 is 0 Å². The summed E-state index contributed by atoms with van der Waals surface area (Å²) in [5.41, 5.74) is 2.07. The highest BCUT2D eigenvalue weighted by Crippen LogP contribution is 2.20. The summed E-state index contributed by atoms with van der Waals surface area (Å²) in [4.78, 5) is 0. The molecule has 0 amide bonds. The van der Waals surface area contributed by atoms with E-state index >= 15 is 0 Å². The van der Waals surface area contributed by atoms with Crippen molar-refractivity contribution in [2.75, 3.05) is 11.5 Å². The fraction of sp³-hybridized carbons (Fsp3) is 0.333. The predicted molar refractivity (Wildman–Crippen MR) is 90.2 cm³/mol. The predicted octanol–water partition coefficient (Wildman–Crippen LogP) is 4.40. The Balaban J connectivity index is 1.57. The molecule has 112 valence electrons. The maximum atomic E-state index is 9.67. The minimum Gasteiger partial charge on any atom is -0.508 e. The van der Waals surface area contributed by atoms with E-state index in [4.69, 9.17) is 0 Å². The van der Waals surface area contributed by atoms with Crippen molar-refractivity contribution in [3.05, 3.63) is 59.7 Å². The minimum absolute atomic E-state index is 0.405. The molecule has 2 rings (SSSR count). The summed E-state index contributed by atoms with van der Waals surface area (Å²) < 4.78 is 0. The van der Waals surface area contributed by atoms with Crippen molar-refractivity contribution in [2.45, 2.75) is 25.7 Å². The van der Waals surface area contributed by atoms with Gasteiger partial charge in [0, 0.05) is 0 Å². The van der Waals surface area contributed by atoms with Gasteiger partial charge in [-0.25, -0.2) is 0 Å². The minimum atomic E-state index is 0.405. The molecule has 0 unspecified atom stereocenters. The molecule has 0 spiro atoms. The van der Waals surface area contributed by atoms with Gasteiger partial charge in [-0.15, -0.1) is 0 Å². The molecular weight excluding hydrogens is 280 g/mol.